The van der Waals surface area contributed by atoms with Crippen LogP contribution in [-0.4, -0.2) is 49.8 Å². The van der Waals surface area contributed by atoms with E-state index in [1.54, 1.807) is 48.8 Å². The molecule has 3 aromatic heterocycles. The van der Waals surface area contributed by atoms with Gasteiger partial charge in [-0.3, -0.25) is 4.79 Å². The van der Waals surface area contributed by atoms with Crippen molar-refractivity contribution in [2.24, 2.45) is 5.92 Å². The van der Waals surface area contributed by atoms with Crippen molar-refractivity contribution in [1.82, 2.24) is 18.5 Å². The number of hydrogen-bond acceptors (Lipinski definition) is 7. The maximum atomic E-state index is 13.5. The zero-order valence-corrected chi connectivity index (χ0v) is 25.7. The number of carbonyl (C=O) groups is 1. The van der Waals surface area contributed by atoms with Crippen molar-refractivity contribution < 1.29 is 22.4 Å². The van der Waals surface area contributed by atoms with Crippen LogP contribution >= 0.6 is 0 Å². The van der Waals surface area contributed by atoms with Crippen LogP contribution in [0.1, 0.15) is 72.2 Å². The number of imidazole rings is 1. The average Bonchev–Trinajstić information content (AvgIpc) is 3.54. The van der Waals surface area contributed by atoms with Gasteiger partial charge in [-0.15, -0.1) is 0 Å². The molecule has 212 valence electrons. The number of fused-ring (bicyclic) bond motifs is 3. The number of hydrogen-bond donors (Lipinski definition) is 0. The zero-order valence-electron chi connectivity index (χ0n) is 23.8. The number of rotatable bonds is 7. The smallest absolute Gasteiger partial charge is 0.308 e. The maximum absolute atomic E-state index is 13.5. The molecule has 1 saturated carbocycles. The number of benzene rings is 1. The van der Waals surface area contributed by atoms with Crippen LogP contribution in [-0.2, 0) is 29.6 Å². The largest absolute Gasteiger partial charge is 0.469 e. The molecule has 0 atom stereocenters. The quantitative estimate of drug-likeness (QED) is 0.206. The number of nitrogens with zero attached hydrogens (tertiary/aromatic N) is 4. The molecule has 0 unspecified atom stereocenters. The van der Waals surface area contributed by atoms with Gasteiger partial charge < -0.3 is 13.7 Å². The fraction of sp³-hybridized carbons (Fsp3) is 0.483. The lowest BCUT2D eigenvalue weighted by molar-refractivity contribution is -0.146. The number of methoxy groups -OCH3 is 1. The summed E-state index contributed by atoms with van der Waals surface area (Å²) in [5, 5.41) is 0.699. The highest BCUT2D eigenvalue weighted by Crippen LogP contribution is 2.41. The standard InChI is InChI=1S/C29H36N4O5SSi/c1-28(2,3)40-38-29(4,5)27-31-23-18-30-25-22(16-17-32(25)39(35,36)21-10-8-7-9-11-21)24(23)33(27)20-14-12-19(13-15-20)26(34)37-6/h7-11,16-20H,12-15H2,1-6H3. The Morgan fingerprint density at radius 2 is 1.70 bits per heavy atom. The van der Waals surface area contributed by atoms with Gasteiger partial charge in [-0.2, -0.15) is 0 Å². The number of ether oxygens (including phenoxy) is 1. The Labute approximate surface area is 237 Å². The first-order valence-corrected chi connectivity index (χ1v) is 15.9. The van der Waals surface area contributed by atoms with Crippen LogP contribution in [0.15, 0.2) is 53.7 Å². The van der Waals surface area contributed by atoms with Crippen molar-refractivity contribution >= 4 is 47.8 Å². The van der Waals surface area contributed by atoms with Crippen molar-refractivity contribution in [2.75, 3.05) is 7.11 Å². The van der Waals surface area contributed by atoms with Gasteiger partial charge in [0, 0.05) is 17.6 Å². The normalized spacial score (nSPS) is 18.9. The Kier molecular flexibility index (Phi) is 7.43. The molecule has 0 spiro atoms. The molecule has 4 aromatic rings. The molecule has 0 saturated heterocycles. The monoisotopic (exact) mass is 580 g/mol. The number of esters is 1. The number of aromatic nitrogens is 4. The molecular weight excluding hydrogens is 544 g/mol. The third-order valence-corrected chi connectivity index (χ3v) is 10.3. The fourth-order valence-electron chi connectivity index (χ4n) is 5.39. The van der Waals surface area contributed by atoms with Gasteiger partial charge in [-0.25, -0.2) is 22.4 Å². The minimum Gasteiger partial charge on any atom is -0.469 e. The van der Waals surface area contributed by atoms with E-state index in [1.807, 2.05) is 13.8 Å². The summed E-state index contributed by atoms with van der Waals surface area (Å²) in [6.07, 6.45) is 6.16. The molecule has 0 amide bonds. The molecule has 9 nitrogen and oxygen atoms in total. The Bertz CT molecular complexity index is 1650. The lowest BCUT2D eigenvalue weighted by atomic mass is 9.85. The first kappa shape index (κ1) is 28.5. The van der Waals surface area contributed by atoms with E-state index in [-0.39, 0.29) is 37.6 Å². The highest BCUT2D eigenvalue weighted by atomic mass is 32.2. The third-order valence-electron chi connectivity index (χ3n) is 7.38. The van der Waals surface area contributed by atoms with Crippen molar-refractivity contribution in [3.63, 3.8) is 0 Å². The molecule has 5 rings (SSSR count). The highest BCUT2D eigenvalue weighted by Gasteiger charge is 2.36. The molecule has 0 bridgehead atoms. The molecule has 0 aliphatic heterocycles. The Balaban J connectivity index is 1.67. The van der Waals surface area contributed by atoms with E-state index >= 15 is 0 Å². The molecular formula is C29H36N4O5SSi. The third kappa shape index (κ3) is 5.22. The summed E-state index contributed by atoms with van der Waals surface area (Å²) in [4.78, 5) is 22.1. The maximum Gasteiger partial charge on any atom is 0.308 e. The van der Waals surface area contributed by atoms with E-state index in [0.29, 0.717) is 29.4 Å². The van der Waals surface area contributed by atoms with E-state index in [9.17, 15) is 13.2 Å². The predicted octanol–water partition coefficient (Wildman–Crippen LogP) is 5.62. The average molecular weight is 581 g/mol. The molecule has 1 fully saturated rings. The van der Waals surface area contributed by atoms with Gasteiger partial charge in [0.2, 0.25) is 9.76 Å². The topological polar surface area (TPSA) is 105 Å². The highest BCUT2D eigenvalue weighted by molar-refractivity contribution is 7.90. The molecule has 2 radical (unpaired) electrons. The van der Waals surface area contributed by atoms with Crippen LogP contribution in [0.3, 0.4) is 0 Å². The van der Waals surface area contributed by atoms with Crippen molar-refractivity contribution in [3.05, 3.63) is 54.6 Å². The second-order valence-electron chi connectivity index (χ2n) is 12.0. The van der Waals surface area contributed by atoms with E-state index < -0.39 is 15.6 Å². The summed E-state index contributed by atoms with van der Waals surface area (Å²) in [7, 11) is -2.16. The van der Waals surface area contributed by atoms with E-state index in [4.69, 9.17) is 14.1 Å². The van der Waals surface area contributed by atoms with Gasteiger partial charge in [0.05, 0.1) is 29.6 Å². The molecule has 1 aliphatic rings. The summed E-state index contributed by atoms with van der Waals surface area (Å²) in [5.41, 5.74) is 1.15. The second-order valence-corrected chi connectivity index (χ2v) is 15.7. The Morgan fingerprint density at radius 1 is 1.02 bits per heavy atom. The molecule has 1 aromatic carbocycles. The first-order valence-electron chi connectivity index (χ1n) is 13.6. The number of pyridine rings is 1. The van der Waals surface area contributed by atoms with Crippen LogP contribution in [0.4, 0.5) is 0 Å². The SMILES string of the molecule is COC(=O)C1CCC(n2c(C(C)(C)O[Si]C(C)(C)C)nc3cnc4c(ccn4S(=O)(=O)c4ccccc4)c32)CC1. The van der Waals surface area contributed by atoms with Gasteiger partial charge in [0.15, 0.2) is 5.65 Å². The van der Waals surface area contributed by atoms with Crippen molar-refractivity contribution in [1.29, 1.82) is 0 Å². The van der Waals surface area contributed by atoms with Gasteiger partial charge in [-0.1, -0.05) is 39.0 Å². The van der Waals surface area contributed by atoms with Gasteiger partial charge >= 0.3 is 5.97 Å². The summed E-state index contributed by atoms with van der Waals surface area (Å²) in [5.74, 6) is 0.484. The Morgan fingerprint density at radius 3 is 2.33 bits per heavy atom. The van der Waals surface area contributed by atoms with Gasteiger partial charge in [0.1, 0.15) is 16.9 Å². The van der Waals surface area contributed by atoms with Crippen LogP contribution in [0.25, 0.3) is 22.1 Å². The number of carbonyl (C=O) groups excluding carboxylic acids is 1. The second kappa shape index (κ2) is 10.4. The molecule has 11 heteroatoms. The van der Waals surface area contributed by atoms with Crippen molar-refractivity contribution in [2.45, 2.75) is 81.9 Å². The van der Waals surface area contributed by atoms with Crippen LogP contribution < -0.4 is 0 Å². The molecule has 0 N–H and O–H groups in total. The summed E-state index contributed by atoms with van der Waals surface area (Å²) in [6, 6.07) is 10.2. The van der Waals surface area contributed by atoms with Crippen LogP contribution in [0.5, 0.6) is 0 Å². The lowest BCUT2D eigenvalue weighted by Crippen LogP contribution is -2.33. The zero-order chi connectivity index (χ0) is 28.9. The fourth-order valence-corrected chi connectivity index (χ4v) is 7.37. The molecule has 40 heavy (non-hydrogen) atoms. The minimum atomic E-state index is -3.85. The summed E-state index contributed by atoms with van der Waals surface area (Å²) < 4.78 is 42.1. The summed E-state index contributed by atoms with van der Waals surface area (Å²) in [6.45, 7) is 10.5. The lowest BCUT2D eigenvalue weighted by Gasteiger charge is -2.34. The Hall–Kier alpha value is -3.02. The van der Waals surface area contributed by atoms with Gasteiger partial charge in [0.25, 0.3) is 10.0 Å². The van der Waals surface area contributed by atoms with E-state index in [2.05, 4.69) is 30.3 Å². The van der Waals surface area contributed by atoms with E-state index in [0.717, 1.165) is 24.2 Å². The molecule has 3 heterocycles. The first-order chi connectivity index (χ1) is 18.8. The van der Waals surface area contributed by atoms with Crippen molar-refractivity contribution in [3.8, 4) is 0 Å². The van der Waals surface area contributed by atoms with E-state index in [1.165, 1.54) is 11.1 Å². The van der Waals surface area contributed by atoms with Crippen LogP contribution in [0, 0.1) is 5.92 Å². The predicted molar refractivity (Wildman–Crippen MR) is 155 cm³/mol. The minimum absolute atomic E-state index is 0.00940. The van der Waals surface area contributed by atoms with Crippen LogP contribution in [0.2, 0.25) is 5.04 Å². The van der Waals surface area contributed by atoms with Gasteiger partial charge in [-0.05, 0) is 62.8 Å². The summed E-state index contributed by atoms with van der Waals surface area (Å²) >= 11 is 0. The molecule has 1 aliphatic carbocycles.